The minimum absolute atomic E-state index is 0.135. The molecule has 1 aliphatic rings. The van der Waals surface area contributed by atoms with Gasteiger partial charge >= 0.3 is 6.03 Å². The Balaban J connectivity index is 1.50. The molecule has 0 aliphatic carbocycles. The molecule has 0 bridgehead atoms. The lowest BCUT2D eigenvalue weighted by atomic mass is 9.82. The summed E-state index contributed by atoms with van der Waals surface area (Å²) in [7, 11) is 0. The molecule has 0 radical (unpaired) electrons. The van der Waals surface area contributed by atoms with Crippen molar-refractivity contribution in [1.82, 2.24) is 20.4 Å². The number of rotatable bonds is 5. The van der Waals surface area contributed by atoms with Crippen LogP contribution in [0.3, 0.4) is 0 Å². The lowest BCUT2D eigenvalue weighted by Gasteiger charge is -2.27. The zero-order valence-corrected chi connectivity index (χ0v) is 18.3. The van der Waals surface area contributed by atoms with Crippen molar-refractivity contribution in [3.05, 3.63) is 106 Å². The van der Waals surface area contributed by atoms with Crippen LogP contribution in [0.4, 0.5) is 4.79 Å². The predicted octanol–water partition coefficient (Wildman–Crippen LogP) is 4.49. The molecule has 0 spiro atoms. The molecule has 1 aromatic heterocycles. The van der Waals surface area contributed by atoms with Crippen LogP contribution in [0, 0.1) is 0 Å². The first kappa shape index (κ1) is 20.1. The van der Waals surface area contributed by atoms with E-state index < -0.39 is 17.5 Å². The second-order valence-corrected chi connectivity index (χ2v) is 8.14. The SMILES string of the molecule is O=C1NC(c2ccccc2)(c2ccccc2)C(=O)N1Cc1nnc(-c2ccccc2Br)o1. The van der Waals surface area contributed by atoms with E-state index in [0.29, 0.717) is 17.0 Å². The van der Waals surface area contributed by atoms with Gasteiger partial charge in [0.15, 0.2) is 5.54 Å². The van der Waals surface area contributed by atoms with Crippen molar-refractivity contribution in [1.29, 1.82) is 0 Å². The molecule has 1 fully saturated rings. The van der Waals surface area contributed by atoms with Gasteiger partial charge in [-0.1, -0.05) is 72.8 Å². The molecule has 4 aromatic rings. The first-order valence-electron chi connectivity index (χ1n) is 9.92. The Bertz CT molecular complexity index is 1250. The number of aromatic nitrogens is 2. The second kappa shape index (κ2) is 8.05. The molecule has 5 rings (SSSR count). The smallest absolute Gasteiger partial charge is 0.326 e. The molecule has 0 atom stereocenters. The fourth-order valence-electron chi connectivity index (χ4n) is 3.85. The molecule has 158 valence electrons. The molecule has 1 N–H and O–H groups in total. The van der Waals surface area contributed by atoms with Crippen LogP contribution >= 0.6 is 15.9 Å². The molecule has 0 saturated carbocycles. The fourth-order valence-corrected chi connectivity index (χ4v) is 4.30. The molecule has 2 heterocycles. The highest BCUT2D eigenvalue weighted by Gasteiger charge is 2.53. The number of imide groups is 1. The summed E-state index contributed by atoms with van der Waals surface area (Å²) in [6.45, 7) is -0.135. The molecule has 8 heteroatoms. The van der Waals surface area contributed by atoms with Crippen LogP contribution in [0.25, 0.3) is 11.5 Å². The minimum atomic E-state index is -1.33. The van der Waals surface area contributed by atoms with E-state index in [1.54, 1.807) is 0 Å². The normalized spacial score (nSPS) is 15.1. The van der Waals surface area contributed by atoms with Gasteiger partial charge in [-0.2, -0.15) is 0 Å². The van der Waals surface area contributed by atoms with Gasteiger partial charge < -0.3 is 9.73 Å². The van der Waals surface area contributed by atoms with Crippen LogP contribution in [0.1, 0.15) is 17.0 Å². The topological polar surface area (TPSA) is 88.3 Å². The summed E-state index contributed by atoms with van der Waals surface area (Å²) in [5.41, 5.74) is 0.745. The van der Waals surface area contributed by atoms with Crippen molar-refractivity contribution in [2.24, 2.45) is 0 Å². The largest absolute Gasteiger partial charge is 0.419 e. The van der Waals surface area contributed by atoms with Gasteiger partial charge in [0.05, 0.1) is 5.56 Å². The van der Waals surface area contributed by atoms with Gasteiger partial charge in [-0.3, -0.25) is 9.69 Å². The first-order valence-corrected chi connectivity index (χ1v) is 10.7. The highest BCUT2D eigenvalue weighted by atomic mass is 79.9. The number of amides is 3. The van der Waals surface area contributed by atoms with Crippen molar-refractivity contribution < 1.29 is 14.0 Å². The molecule has 0 unspecified atom stereocenters. The maximum absolute atomic E-state index is 13.7. The van der Waals surface area contributed by atoms with E-state index in [9.17, 15) is 9.59 Å². The highest BCUT2D eigenvalue weighted by Crippen LogP contribution is 2.36. The highest BCUT2D eigenvalue weighted by molar-refractivity contribution is 9.10. The number of carbonyl (C=O) groups excluding carboxylic acids is 2. The fraction of sp³-hybridized carbons (Fsp3) is 0.0833. The van der Waals surface area contributed by atoms with Gasteiger partial charge in [-0.25, -0.2) is 4.79 Å². The van der Waals surface area contributed by atoms with Gasteiger partial charge in [-0.05, 0) is 39.2 Å². The maximum atomic E-state index is 13.7. The van der Waals surface area contributed by atoms with Gasteiger partial charge in [0, 0.05) is 4.47 Å². The summed E-state index contributed by atoms with van der Waals surface area (Å²) >= 11 is 3.46. The van der Waals surface area contributed by atoms with Crippen LogP contribution in [0.5, 0.6) is 0 Å². The second-order valence-electron chi connectivity index (χ2n) is 7.28. The molecule has 1 aliphatic heterocycles. The Morgan fingerprint density at radius 3 is 2.06 bits per heavy atom. The third-order valence-electron chi connectivity index (χ3n) is 5.38. The number of halogens is 1. The standard InChI is InChI=1S/C24H17BrN4O3/c25-19-14-8-7-13-18(19)21-28-27-20(32-21)15-29-22(30)24(26-23(29)31,16-9-3-1-4-10-16)17-11-5-2-6-12-17/h1-14H,15H2,(H,26,31). The predicted molar refractivity (Wildman–Crippen MR) is 120 cm³/mol. The lowest BCUT2D eigenvalue weighted by Crippen LogP contribution is -2.45. The van der Waals surface area contributed by atoms with Gasteiger partial charge in [-0.15, -0.1) is 10.2 Å². The van der Waals surface area contributed by atoms with E-state index >= 15 is 0 Å². The number of carbonyl (C=O) groups is 2. The average Bonchev–Trinajstić information content (AvgIpc) is 3.39. The van der Waals surface area contributed by atoms with Crippen LogP contribution in [-0.2, 0) is 16.9 Å². The van der Waals surface area contributed by atoms with E-state index in [1.165, 1.54) is 0 Å². The van der Waals surface area contributed by atoms with Crippen molar-refractivity contribution >= 4 is 27.9 Å². The van der Waals surface area contributed by atoms with E-state index in [2.05, 4.69) is 31.4 Å². The monoisotopic (exact) mass is 488 g/mol. The quantitative estimate of drug-likeness (QED) is 0.418. The Kier molecular flexibility index (Phi) is 5.07. The number of nitrogens with one attached hydrogen (secondary N) is 1. The van der Waals surface area contributed by atoms with Crippen LogP contribution in [0.2, 0.25) is 0 Å². The van der Waals surface area contributed by atoms with Gasteiger partial charge in [0.2, 0.25) is 11.8 Å². The molecular weight excluding hydrogens is 472 g/mol. The van der Waals surface area contributed by atoms with Crippen LogP contribution in [0.15, 0.2) is 93.8 Å². The van der Waals surface area contributed by atoms with Gasteiger partial charge in [0.1, 0.15) is 6.54 Å². The Morgan fingerprint density at radius 1 is 0.844 bits per heavy atom. The number of benzene rings is 3. The molecular formula is C24H17BrN4O3. The minimum Gasteiger partial charge on any atom is -0.419 e. The Morgan fingerprint density at radius 2 is 1.44 bits per heavy atom. The first-order chi connectivity index (χ1) is 15.6. The summed E-state index contributed by atoms with van der Waals surface area (Å²) in [4.78, 5) is 27.8. The Hall–Kier alpha value is -3.78. The summed E-state index contributed by atoms with van der Waals surface area (Å²) in [6.07, 6.45) is 0. The molecule has 32 heavy (non-hydrogen) atoms. The van der Waals surface area contributed by atoms with Crippen LogP contribution < -0.4 is 5.32 Å². The average molecular weight is 489 g/mol. The molecule has 3 aromatic carbocycles. The van der Waals surface area contributed by atoms with E-state index in [1.807, 2.05) is 84.9 Å². The zero-order chi connectivity index (χ0) is 22.1. The zero-order valence-electron chi connectivity index (χ0n) is 16.7. The van der Waals surface area contributed by atoms with E-state index in [4.69, 9.17) is 4.42 Å². The Labute approximate surface area is 192 Å². The van der Waals surface area contributed by atoms with E-state index in [-0.39, 0.29) is 12.4 Å². The number of hydrogen-bond acceptors (Lipinski definition) is 5. The van der Waals surface area contributed by atoms with Crippen molar-refractivity contribution in [3.8, 4) is 11.5 Å². The van der Waals surface area contributed by atoms with Crippen molar-refractivity contribution in [2.75, 3.05) is 0 Å². The summed E-state index contributed by atoms with van der Waals surface area (Å²) in [5, 5.41) is 11.0. The maximum Gasteiger partial charge on any atom is 0.326 e. The third kappa shape index (κ3) is 3.29. The number of hydrogen-bond donors (Lipinski definition) is 1. The lowest BCUT2D eigenvalue weighted by molar-refractivity contribution is -0.130. The van der Waals surface area contributed by atoms with Crippen molar-refractivity contribution in [2.45, 2.75) is 12.1 Å². The number of nitrogens with zero attached hydrogens (tertiary/aromatic N) is 3. The molecule has 3 amide bonds. The van der Waals surface area contributed by atoms with Crippen molar-refractivity contribution in [3.63, 3.8) is 0 Å². The van der Waals surface area contributed by atoms with Gasteiger partial charge in [0.25, 0.3) is 5.91 Å². The number of urea groups is 1. The molecule has 1 saturated heterocycles. The van der Waals surface area contributed by atoms with E-state index in [0.717, 1.165) is 14.9 Å². The summed E-state index contributed by atoms with van der Waals surface area (Å²) in [6, 6.07) is 25.3. The summed E-state index contributed by atoms with van der Waals surface area (Å²) in [5.74, 6) is 0.0635. The van der Waals surface area contributed by atoms with Crippen LogP contribution in [-0.4, -0.2) is 27.0 Å². The summed E-state index contributed by atoms with van der Waals surface area (Å²) < 4.78 is 6.57. The molecule has 7 nitrogen and oxygen atoms in total. The third-order valence-corrected chi connectivity index (χ3v) is 6.08.